The first-order valence-corrected chi connectivity index (χ1v) is 8.09. The van der Waals surface area contributed by atoms with Gasteiger partial charge in [-0.3, -0.25) is 4.90 Å². The Morgan fingerprint density at radius 1 is 1.30 bits per heavy atom. The average Bonchev–Trinajstić information content (AvgIpc) is 2.96. The first kappa shape index (κ1) is 13.9. The van der Waals surface area contributed by atoms with Crippen molar-refractivity contribution < 1.29 is 4.74 Å². The Morgan fingerprint density at radius 3 is 2.95 bits per heavy atom. The van der Waals surface area contributed by atoms with Crippen molar-refractivity contribution in [2.24, 2.45) is 0 Å². The topological polar surface area (TPSA) is 24.5 Å². The van der Waals surface area contributed by atoms with Crippen LogP contribution in [0.5, 0.6) is 5.75 Å². The predicted octanol–water partition coefficient (Wildman–Crippen LogP) is 2.76. The first-order chi connectivity index (χ1) is 9.88. The molecule has 2 aliphatic heterocycles. The van der Waals surface area contributed by atoms with Crippen LogP contribution in [0.1, 0.15) is 43.4 Å². The summed E-state index contributed by atoms with van der Waals surface area (Å²) in [6, 6.07) is 7.44. The molecule has 3 nitrogen and oxygen atoms in total. The zero-order chi connectivity index (χ0) is 13.8. The van der Waals surface area contributed by atoms with Crippen LogP contribution in [0.2, 0.25) is 0 Å². The molecule has 0 aliphatic carbocycles. The molecular weight excluding hydrogens is 248 g/mol. The van der Waals surface area contributed by atoms with Gasteiger partial charge in [-0.2, -0.15) is 0 Å². The van der Waals surface area contributed by atoms with E-state index in [1.54, 1.807) is 0 Å². The smallest absolute Gasteiger partial charge is 0.122 e. The Kier molecular flexibility index (Phi) is 4.58. The van der Waals surface area contributed by atoms with Crippen LogP contribution in [0.3, 0.4) is 0 Å². The van der Waals surface area contributed by atoms with Crippen molar-refractivity contribution in [1.29, 1.82) is 0 Å². The first-order valence-electron chi connectivity index (χ1n) is 8.09. The van der Waals surface area contributed by atoms with Gasteiger partial charge in [-0.05, 0) is 23.6 Å². The molecule has 1 saturated heterocycles. The molecule has 1 aromatic rings. The van der Waals surface area contributed by atoms with Gasteiger partial charge in [0.15, 0.2) is 0 Å². The summed E-state index contributed by atoms with van der Waals surface area (Å²) in [7, 11) is 0. The third kappa shape index (κ3) is 2.99. The Labute approximate surface area is 122 Å². The van der Waals surface area contributed by atoms with E-state index in [0.717, 1.165) is 31.9 Å². The molecule has 1 fully saturated rings. The Morgan fingerprint density at radius 2 is 2.15 bits per heavy atom. The van der Waals surface area contributed by atoms with Crippen LogP contribution < -0.4 is 10.1 Å². The van der Waals surface area contributed by atoms with Crippen LogP contribution in [0.4, 0.5) is 0 Å². The van der Waals surface area contributed by atoms with Gasteiger partial charge >= 0.3 is 0 Å². The number of piperazine rings is 1. The summed E-state index contributed by atoms with van der Waals surface area (Å²) >= 11 is 0. The van der Waals surface area contributed by atoms with Crippen molar-refractivity contribution in [3.8, 4) is 5.75 Å². The average molecular weight is 274 g/mol. The van der Waals surface area contributed by atoms with Crippen molar-refractivity contribution in [3.05, 3.63) is 29.3 Å². The van der Waals surface area contributed by atoms with E-state index in [9.17, 15) is 0 Å². The number of nitrogens with one attached hydrogen (secondary N) is 1. The van der Waals surface area contributed by atoms with Crippen molar-refractivity contribution in [1.82, 2.24) is 10.2 Å². The zero-order valence-electron chi connectivity index (χ0n) is 12.5. The molecule has 0 spiro atoms. The second-order valence-electron chi connectivity index (χ2n) is 5.91. The van der Waals surface area contributed by atoms with Crippen LogP contribution in [-0.4, -0.2) is 37.7 Å². The zero-order valence-corrected chi connectivity index (χ0v) is 12.5. The lowest BCUT2D eigenvalue weighted by molar-refractivity contribution is 0.163. The third-order valence-corrected chi connectivity index (χ3v) is 4.52. The van der Waals surface area contributed by atoms with Crippen molar-refractivity contribution >= 4 is 0 Å². The number of hydrogen-bond donors (Lipinski definition) is 1. The molecule has 1 atom stereocenters. The molecule has 0 bridgehead atoms. The van der Waals surface area contributed by atoms with E-state index in [-0.39, 0.29) is 0 Å². The van der Waals surface area contributed by atoms with Gasteiger partial charge in [0.1, 0.15) is 5.75 Å². The number of fused-ring (bicyclic) bond motifs is 1. The lowest BCUT2D eigenvalue weighted by atomic mass is 9.96. The highest BCUT2D eigenvalue weighted by Gasteiger charge is 2.23. The van der Waals surface area contributed by atoms with Gasteiger partial charge in [0, 0.05) is 38.6 Å². The minimum absolute atomic E-state index is 0.586. The molecule has 0 radical (unpaired) electrons. The summed E-state index contributed by atoms with van der Waals surface area (Å²) in [6.45, 7) is 7.72. The lowest BCUT2D eigenvalue weighted by Crippen LogP contribution is -2.45. The van der Waals surface area contributed by atoms with E-state index in [2.05, 4.69) is 35.3 Å². The fourth-order valence-electron chi connectivity index (χ4n) is 3.37. The molecule has 0 amide bonds. The molecular formula is C17H26N2O. The lowest BCUT2D eigenvalue weighted by Gasteiger charge is -2.35. The molecule has 1 aromatic carbocycles. The van der Waals surface area contributed by atoms with Gasteiger partial charge in [-0.1, -0.05) is 31.9 Å². The maximum Gasteiger partial charge on any atom is 0.122 e. The van der Waals surface area contributed by atoms with Crippen LogP contribution in [0.25, 0.3) is 0 Å². The SMILES string of the molecule is CCCC[C@H](c1ccc2c(c1)CCO2)N1CCNCC1. The molecule has 0 unspecified atom stereocenters. The van der Waals surface area contributed by atoms with Gasteiger partial charge in [0.05, 0.1) is 6.61 Å². The minimum Gasteiger partial charge on any atom is -0.493 e. The van der Waals surface area contributed by atoms with E-state index in [1.807, 2.05) is 0 Å². The van der Waals surface area contributed by atoms with E-state index in [0.29, 0.717) is 6.04 Å². The van der Waals surface area contributed by atoms with Gasteiger partial charge < -0.3 is 10.1 Å². The molecule has 20 heavy (non-hydrogen) atoms. The predicted molar refractivity (Wildman–Crippen MR) is 82.3 cm³/mol. The number of ether oxygens (including phenoxy) is 1. The maximum atomic E-state index is 5.64. The number of nitrogens with zero attached hydrogens (tertiary/aromatic N) is 1. The van der Waals surface area contributed by atoms with Gasteiger partial charge in [0.25, 0.3) is 0 Å². The fourth-order valence-corrected chi connectivity index (χ4v) is 3.37. The van der Waals surface area contributed by atoms with Crippen molar-refractivity contribution in [2.75, 3.05) is 32.8 Å². The van der Waals surface area contributed by atoms with E-state index >= 15 is 0 Å². The third-order valence-electron chi connectivity index (χ3n) is 4.52. The summed E-state index contributed by atoms with van der Waals surface area (Å²) in [4.78, 5) is 2.66. The molecule has 3 heteroatoms. The second kappa shape index (κ2) is 6.59. The van der Waals surface area contributed by atoms with Crippen LogP contribution in [0, 0.1) is 0 Å². The second-order valence-corrected chi connectivity index (χ2v) is 5.91. The normalized spacial score (nSPS) is 20.4. The van der Waals surface area contributed by atoms with Crippen molar-refractivity contribution in [3.63, 3.8) is 0 Å². The quantitative estimate of drug-likeness (QED) is 0.893. The molecule has 3 rings (SSSR count). The molecule has 0 saturated carbocycles. The van der Waals surface area contributed by atoms with E-state index in [4.69, 9.17) is 4.74 Å². The molecule has 2 aliphatic rings. The number of rotatable bonds is 5. The van der Waals surface area contributed by atoms with Crippen LogP contribution >= 0.6 is 0 Å². The maximum absolute atomic E-state index is 5.64. The van der Waals surface area contributed by atoms with Gasteiger partial charge in [-0.25, -0.2) is 0 Å². The van der Waals surface area contributed by atoms with Crippen molar-refractivity contribution in [2.45, 2.75) is 38.6 Å². The molecule has 2 heterocycles. The number of benzene rings is 1. The monoisotopic (exact) mass is 274 g/mol. The standard InChI is InChI=1S/C17H26N2O/c1-2-3-4-16(19-10-8-18-9-11-19)14-5-6-17-15(13-14)7-12-20-17/h5-6,13,16,18H,2-4,7-12H2,1H3/t16-/m1/s1. The highest BCUT2D eigenvalue weighted by Crippen LogP contribution is 2.32. The highest BCUT2D eigenvalue weighted by atomic mass is 16.5. The number of unbranched alkanes of at least 4 members (excludes halogenated alkanes) is 1. The van der Waals surface area contributed by atoms with Gasteiger partial charge in [-0.15, -0.1) is 0 Å². The van der Waals surface area contributed by atoms with Gasteiger partial charge in [0.2, 0.25) is 0 Å². The summed E-state index contributed by atoms with van der Waals surface area (Å²) in [6.07, 6.45) is 4.93. The highest BCUT2D eigenvalue weighted by molar-refractivity contribution is 5.40. The minimum atomic E-state index is 0.586. The van der Waals surface area contributed by atoms with E-state index < -0.39 is 0 Å². The Hall–Kier alpha value is -1.06. The fraction of sp³-hybridized carbons (Fsp3) is 0.647. The summed E-state index contributed by atoms with van der Waals surface area (Å²) < 4.78 is 5.64. The number of hydrogen-bond acceptors (Lipinski definition) is 3. The van der Waals surface area contributed by atoms with E-state index in [1.165, 1.54) is 43.5 Å². The van der Waals surface area contributed by atoms with Crippen LogP contribution in [-0.2, 0) is 6.42 Å². The van der Waals surface area contributed by atoms with Crippen LogP contribution in [0.15, 0.2) is 18.2 Å². The largest absolute Gasteiger partial charge is 0.493 e. The molecule has 110 valence electrons. The summed E-state index contributed by atoms with van der Waals surface area (Å²) in [5.41, 5.74) is 2.89. The summed E-state index contributed by atoms with van der Waals surface area (Å²) in [5, 5.41) is 3.46. The Bertz CT molecular complexity index is 441. The summed E-state index contributed by atoms with van der Waals surface area (Å²) in [5.74, 6) is 1.10. The Balaban J connectivity index is 1.80. The molecule has 1 N–H and O–H groups in total. The molecule has 0 aromatic heterocycles.